The molecular weight excluding hydrogens is 556 g/mol. The molecule has 9 heteroatoms. The Balaban J connectivity index is 1.29. The molecule has 0 aliphatic carbocycles. The SMILES string of the molecule is Nc1ccc(-c2ccccc2)cc1NC(=O)c1cc2ccc(C(F)C(=O)NCc3ccc(Cl)cc3Cl)cc2s1. The number of amides is 2. The molecule has 5 rings (SSSR count). The Hall–Kier alpha value is -3.91. The van der Waals surface area contributed by atoms with E-state index in [0.717, 1.165) is 16.5 Å². The van der Waals surface area contributed by atoms with E-state index >= 15 is 4.39 Å². The van der Waals surface area contributed by atoms with E-state index in [1.807, 2.05) is 42.5 Å². The summed E-state index contributed by atoms with van der Waals surface area (Å²) in [5, 5.41) is 7.07. The number of nitrogens with two attached hydrogens (primary N) is 1. The van der Waals surface area contributed by atoms with Crippen molar-refractivity contribution < 1.29 is 14.0 Å². The van der Waals surface area contributed by atoms with Crippen molar-refractivity contribution in [3.8, 4) is 11.1 Å². The van der Waals surface area contributed by atoms with Crippen LogP contribution in [0.25, 0.3) is 21.2 Å². The van der Waals surface area contributed by atoms with Crippen LogP contribution in [0, 0.1) is 0 Å². The lowest BCUT2D eigenvalue weighted by Crippen LogP contribution is -2.27. The molecule has 0 aliphatic heterocycles. The first-order valence-electron chi connectivity index (χ1n) is 11.9. The van der Waals surface area contributed by atoms with Crippen LogP contribution >= 0.6 is 34.5 Å². The molecule has 5 nitrogen and oxygen atoms in total. The summed E-state index contributed by atoms with van der Waals surface area (Å²) in [6, 6.07) is 26.7. The second kappa shape index (κ2) is 11.5. The maximum Gasteiger partial charge on any atom is 0.265 e. The smallest absolute Gasteiger partial charge is 0.265 e. The third-order valence-corrected chi connectivity index (χ3v) is 7.85. The van der Waals surface area contributed by atoms with Gasteiger partial charge in [-0.3, -0.25) is 9.59 Å². The van der Waals surface area contributed by atoms with Crippen LogP contribution in [0.5, 0.6) is 0 Å². The van der Waals surface area contributed by atoms with Crippen molar-refractivity contribution in [3.05, 3.63) is 117 Å². The summed E-state index contributed by atoms with van der Waals surface area (Å²) < 4.78 is 15.7. The van der Waals surface area contributed by atoms with E-state index < -0.39 is 12.1 Å². The van der Waals surface area contributed by atoms with Crippen molar-refractivity contribution in [2.24, 2.45) is 0 Å². The van der Waals surface area contributed by atoms with E-state index in [4.69, 9.17) is 28.9 Å². The fraction of sp³-hybridized carbons (Fsp3) is 0.0667. The molecule has 0 saturated carbocycles. The highest BCUT2D eigenvalue weighted by atomic mass is 35.5. The summed E-state index contributed by atoms with van der Waals surface area (Å²) >= 11 is 13.2. The third-order valence-electron chi connectivity index (χ3n) is 6.17. The summed E-state index contributed by atoms with van der Waals surface area (Å²) in [7, 11) is 0. The number of nitrogens with one attached hydrogen (secondary N) is 2. The summed E-state index contributed by atoms with van der Waals surface area (Å²) in [5.74, 6) is -1.12. The van der Waals surface area contributed by atoms with Crippen molar-refractivity contribution >= 4 is 67.8 Å². The Kier molecular flexibility index (Phi) is 7.84. The number of anilines is 2. The lowest BCUT2D eigenvalue weighted by molar-refractivity contribution is -0.126. The first-order valence-corrected chi connectivity index (χ1v) is 13.5. The topological polar surface area (TPSA) is 84.2 Å². The zero-order chi connectivity index (χ0) is 27.5. The lowest BCUT2D eigenvalue weighted by Gasteiger charge is -2.11. The van der Waals surface area contributed by atoms with Gasteiger partial charge in [-0.15, -0.1) is 11.3 Å². The minimum Gasteiger partial charge on any atom is -0.397 e. The molecule has 0 saturated heterocycles. The molecule has 4 aromatic carbocycles. The molecule has 1 unspecified atom stereocenters. The molecule has 0 fully saturated rings. The van der Waals surface area contributed by atoms with Crippen LogP contribution in [0.4, 0.5) is 15.8 Å². The number of hydrogen-bond acceptors (Lipinski definition) is 4. The molecule has 0 aliphatic rings. The van der Waals surface area contributed by atoms with E-state index in [1.165, 1.54) is 17.4 Å². The van der Waals surface area contributed by atoms with Gasteiger partial charge >= 0.3 is 0 Å². The summed E-state index contributed by atoms with van der Waals surface area (Å²) in [6.45, 7) is 0.0649. The third kappa shape index (κ3) is 6.06. The molecular formula is C30H22Cl2FN3O2S. The van der Waals surface area contributed by atoms with Crippen LogP contribution in [-0.2, 0) is 11.3 Å². The Morgan fingerprint density at radius 3 is 2.46 bits per heavy atom. The van der Waals surface area contributed by atoms with Gasteiger partial charge in [0, 0.05) is 21.3 Å². The van der Waals surface area contributed by atoms with Gasteiger partial charge in [0.15, 0.2) is 0 Å². The summed E-state index contributed by atoms with van der Waals surface area (Å²) in [5.41, 5.74) is 9.81. The van der Waals surface area contributed by atoms with Crippen LogP contribution in [-0.4, -0.2) is 11.8 Å². The molecule has 5 aromatic rings. The molecule has 4 N–H and O–H groups in total. The van der Waals surface area contributed by atoms with Gasteiger partial charge in [-0.25, -0.2) is 4.39 Å². The number of halogens is 3. The van der Waals surface area contributed by atoms with E-state index in [-0.39, 0.29) is 18.0 Å². The molecule has 39 heavy (non-hydrogen) atoms. The number of carbonyl (C=O) groups excluding carboxylic acids is 2. The fourth-order valence-corrected chi connectivity index (χ4v) is 5.55. The highest BCUT2D eigenvalue weighted by Crippen LogP contribution is 2.32. The average molecular weight is 578 g/mol. The van der Waals surface area contributed by atoms with Gasteiger partial charge in [-0.05, 0) is 64.0 Å². The minimum absolute atomic E-state index is 0.0649. The first-order chi connectivity index (χ1) is 18.8. The van der Waals surface area contributed by atoms with Gasteiger partial charge in [0.2, 0.25) is 6.17 Å². The quantitative estimate of drug-likeness (QED) is 0.171. The molecule has 0 spiro atoms. The Bertz CT molecular complexity index is 1690. The number of thiophene rings is 1. The molecule has 1 aromatic heterocycles. The molecule has 0 bridgehead atoms. The number of rotatable bonds is 7. The van der Waals surface area contributed by atoms with Crippen molar-refractivity contribution in [1.82, 2.24) is 5.32 Å². The van der Waals surface area contributed by atoms with Gasteiger partial charge < -0.3 is 16.4 Å². The molecule has 196 valence electrons. The van der Waals surface area contributed by atoms with Crippen molar-refractivity contribution in [2.75, 3.05) is 11.1 Å². The predicted octanol–water partition coefficient (Wildman–Crippen LogP) is 8.04. The maximum absolute atomic E-state index is 15.0. The highest BCUT2D eigenvalue weighted by Gasteiger charge is 2.21. The zero-order valence-corrected chi connectivity index (χ0v) is 22.7. The highest BCUT2D eigenvalue weighted by molar-refractivity contribution is 7.20. The van der Waals surface area contributed by atoms with Crippen LogP contribution in [0.15, 0.2) is 91.0 Å². The van der Waals surface area contributed by atoms with E-state index in [0.29, 0.717) is 36.6 Å². The van der Waals surface area contributed by atoms with Gasteiger partial charge in [0.25, 0.3) is 11.8 Å². The number of hydrogen-bond donors (Lipinski definition) is 3. The molecule has 0 radical (unpaired) electrons. The second-order valence-corrected chi connectivity index (χ2v) is 10.8. The van der Waals surface area contributed by atoms with Crippen molar-refractivity contribution in [2.45, 2.75) is 12.7 Å². The second-order valence-electron chi connectivity index (χ2n) is 8.85. The average Bonchev–Trinajstić information content (AvgIpc) is 3.37. The van der Waals surface area contributed by atoms with Gasteiger partial charge in [-0.1, -0.05) is 77.8 Å². The number of nitrogen functional groups attached to an aromatic ring is 1. The van der Waals surface area contributed by atoms with Crippen molar-refractivity contribution in [3.63, 3.8) is 0 Å². The van der Waals surface area contributed by atoms with Gasteiger partial charge in [0.05, 0.1) is 16.3 Å². The van der Waals surface area contributed by atoms with Crippen LogP contribution in [0.1, 0.15) is 27.0 Å². The number of fused-ring (bicyclic) bond motifs is 1. The Morgan fingerprint density at radius 2 is 1.69 bits per heavy atom. The minimum atomic E-state index is -1.89. The monoisotopic (exact) mass is 577 g/mol. The number of carbonyl (C=O) groups is 2. The molecule has 2 amide bonds. The van der Waals surface area contributed by atoms with E-state index in [2.05, 4.69) is 10.6 Å². The van der Waals surface area contributed by atoms with Crippen LogP contribution in [0.2, 0.25) is 10.0 Å². The normalized spacial score (nSPS) is 11.8. The molecule has 1 heterocycles. The largest absolute Gasteiger partial charge is 0.397 e. The standard InChI is InChI=1S/C30H22Cl2FN3O2S/c31-22-10-8-21(23(32)15-22)16-35-30(38)28(33)20-7-6-19-13-27(39-26(19)14-20)29(37)36-25-12-18(9-11-24(25)34)17-4-2-1-3-5-17/h1-15,28H,16,34H2,(H,35,38)(H,36,37). The van der Waals surface area contributed by atoms with Crippen molar-refractivity contribution in [1.29, 1.82) is 0 Å². The fourth-order valence-electron chi connectivity index (χ4n) is 4.06. The summed E-state index contributed by atoms with van der Waals surface area (Å²) in [6.07, 6.45) is -1.89. The zero-order valence-electron chi connectivity index (χ0n) is 20.4. The number of alkyl halides is 1. The molecule has 1 atom stereocenters. The maximum atomic E-state index is 15.0. The summed E-state index contributed by atoms with van der Waals surface area (Å²) in [4.78, 5) is 26.0. The number of benzene rings is 4. The Morgan fingerprint density at radius 1 is 0.897 bits per heavy atom. The van der Waals surface area contributed by atoms with Crippen LogP contribution < -0.4 is 16.4 Å². The predicted molar refractivity (Wildman–Crippen MR) is 158 cm³/mol. The first kappa shape index (κ1) is 26.7. The van der Waals surface area contributed by atoms with Gasteiger partial charge in [-0.2, -0.15) is 0 Å². The van der Waals surface area contributed by atoms with Crippen LogP contribution in [0.3, 0.4) is 0 Å². The van der Waals surface area contributed by atoms with E-state index in [9.17, 15) is 9.59 Å². The lowest BCUT2D eigenvalue weighted by atomic mass is 10.0. The van der Waals surface area contributed by atoms with E-state index in [1.54, 1.807) is 42.5 Å². The van der Waals surface area contributed by atoms with Gasteiger partial charge in [0.1, 0.15) is 0 Å². The Labute approximate surface area is 238 Å².